The van der Waals surface area contributed by atoms with Crippen LogP contribution in [-0.4, -0.2) is 54.6 Å². The zero-order chi connectivity index (χ0) is 38.0. The Bertz CT molecular complexity index is 1780. The number of amides is 2. The molecule has 0 aromatic heterocycles. The number of hydrogen-bond donors (Lipinski definition) is 2. The number of nitrogens with zero attached hydrogens (tertiary/aromatic N) is 2. The molecule has 3 aromatic carbocycles. The summed E-state index contributed by atoms with van der Waals surface area (Å²) in [5.74, 6) is -1.18. The summed E-state index contributed by atoms with van der Waals surface area (Å²) >= 11 is 0. The van der Waals surface area contributed by atoms with Crippen LogP contribution in [0, 0.1) is 0 Å². The predicted molar refractivity (Wildman–Crippen MR) is 196 cm³/mol. The predicted octanol–water partition coefficient (Wildman–Crippen LogP) is 6.54. The van der Waals surface area contributed by atoms with Crippen molar-refractivity contribution in [1.29, 1.82) is 0 Å². The molecule has 0 saturated heterocycles. The largest absolute Gasteiger partial charge is 0.467 e. The first-order valence-corrected chi connectivity index (χ1v) is 16.3. The fraction of sp³-hybridized carbons (Fsp3) is 0.325. The number of nitrogens with two attached hydrogens (primary N) is 1. The second-order valence-corrected chi connectivity index (χ2v) is 13.5. The van der Waals surface area contributed by atoms with E-state index in [0.29, 0.717) is 23.1 Å². The first-order valence-electron chi connectivity index (χ1n) is 16.3. The van der Waals surface area contributed by atoms with Crippen molar-refractivity contribution >= 4 is 29.9 Å². The van der Waals surface area contributed by atoms with Gasteiger partial charge in [0, 0.05) is 12.8 Å². The van der Waals surface area contributed by atoms with Crippen LogP contribution in [0.3, 0.4) is 0 Å². The Kier molecular flexibility index (Phi) is 13.2. The van der Waals surface area contributed by atoms with Crippen molar-refractivity contribution in [3.63, 3.8) is 0 Å². The van der Waals surface area contributed by atoms with Crippen molar-refractivity contribution in [2.24, 2.45) is 10.7 Å². The van der Waals surface area contributed by atoms with Crippen LogP contribution in [0.4, 0.5) is 4.79 Å². The van der Waals surface area contributed by atoms with Crippen molar-refractivity contribution in [2.45, 2.75) is 70.7 Å². The second kappa shape index (κ2) is 16.9. The number of aliphatic imine (C=N–C) groups is 1. The van der Waals surface area contributed by atoms with Gasteiger partial charge in [0.05, 0.1) is 26.3 Å². The molecule has 1 heterocycles. The van der Waals surface area contributed by atoms with Crippen LogP contribution in [0.2, 0.25) is 0 Å². The van der Waals surface area contributed by atoms with Crippen molar-refractivity contribution in [3.8, 4) is 0 Å². The van der Waals surface area contributed by atoms with Crippen LogP contribution in [-0.2, 0) is 41.4 Å². The van der Waals surface area contributed by atoms with Gasteiger partial charge < -0.3 is 19.9 Å². The smallest absolute Gasteiger partial charge is 0.414 e. The highest BCUT2D eigenvalue weighted by Crippen LogP contribution is 2.39. The van der Waals surface area contributed by atoms with Gasteiger partial charge >= 0.3 is 18.0 Å². The summed E-state index contributed by atoms with van der Waals surface area (Å²) in [6, 6.07) is 25.2. The van der Waals surface area contributed by atoms with Gasteiger partial charge in [-0.2, -0.15) is 0 Å². The lowest BCUT2D eigenvalue weighted by molar-refractivity contribution is -0.147. The van der Waals surface area contributed by atoms with Gasteiger partial charge in [-0.05, 0) is 63.4 Å². The van der Waals surface area contributed by atoms with Gasteiger partial charge in [-0.15, -0.1) is 13.2 Å². The maximum Gasteiger partial charge on any atom is 0.414 e. The molecule has 3 aromatic rings. The maximum atomic E-state index is 14.0. The summed E-state index contributed by atoms with van der Waals surface area (Å²) in [7, 11) is 2.64. The van der Waals surface area contributed by atoms with Crippen molar-refractivity contribution in [3.05, 3.63) is 131 Å². The number of carbonyl (C=O) groups excluding carboxylic acids is 4. The highest BCUT2D eigenvalue weighted by molar-refractivity contribution is 6.11. The van der Waals surface area contributed by atoms with Gasteiger partial charge in [-0.3, -0.25) is 15.0 Å². The highest BCUT2D eigenvalue weighted by Gasteiger charge is 2.50. The third-order valence-electron chi connectivity index (χ3n) is 7.68. The van der Waals surface area contributed by atoms with Crippen LogP contribution in [0.5, 0.6) is 0 Å². The maximum absolute atomic E-state index is 14.0. The molecular weight excluding hydrogens is 648 g/mol. The minimum absolute atomic E-state index is 0.0674. The number of nitrogens with one attached hydrogen (secondary N) is 1. The van der Waals surface area contributed by atoms with E-state index >= 15 is 0 Å². The van der Waals surface area contributed by atoms with E-state index in [-0.39, 0.29) is 24.8 Å². The summed E-state index contributed by atoms with van der Waals surface area (Å²) < 4.78 is 15.0. The first-order chi connectivity index (χ1) is 24.0. The second-order valence-electron chi connectivity index (χ2n) is 13.5. The van der Waals surface area contributed by atoms with E-state index < -0.39 is 34.7 Å². The molecule has 270 valence electrons. The molecule has 2 amide bonds. The van der Waals surface area contributed by atoms with E-state index in [9.17, 15) is 19.2 Å². The van der Waals surface area contributed by atoms with Crippen LogP contribution in [0.15, 0.2) is 114 Å². The molecule has 0 bridgehead atoms. The van der Waals surface area contributed by atoms with E-state index in [1.54, 1.807) is 45.0 Å². The Balaban J connectivity index is 0.000000367. The van der Waals surface area contributed by atoms with Gasteiger partial charge in [0.1, 0.15) is 11.1 Å². The van der Waals surface area contributed by atoms with E-state index in [2.05, 4.69) is 18.5 Å². The van der Waals surface area contributed by atoms with E-state index in [0.717, 1.165) is 16.7 Å². The Morgan fingerprint density at radius 2 is 1.49 bits per heavy atom. The highest BCUT2D eigenvalue weighted by atomic mass is 16.6. The minimum atomic E-state index is -1.29. The SMILES string of the molecule is C=C(C)CC(N)(C(=O)OC)c1ccccc1.C=C(C)CC1(c2ccccc2)N=C(NC(=O)OC(C)(C)C)N(Cc2cccc(C(=O)OC)c2)C1=O. The molecular formula is C40H48N4O7. The number of esters is 2. The normalized spacial score (nSPS) is 16.4. The Morgan fingerprint density at radius 1 is 0.882 bits per heavy atom. The third kappa shape index (κ3) is 10.2. The monoisotopic (exact) mass is 696 g/mol. The van der Waals surface area contributed by atoms with Crippen LogP contribution in [0.25, 0.3) is 0 Å². The molecule has 1 aliphatic rings. The van der Waals surface area contributed by atoms with Crippen LogP contribution in [0.1, 0.15) is 74.5 Å². The van der Waals surface area contributed by atoms with Crippen molar-refractivity contribution in [2.75, 3.05) is 14.2 Å². The average molecular weight is 697 g/mol. The van der Waals surface area contributed by atoms with E-state index in [4.69, 9.17) is 24.9 Å². The lowest BCUT2D eigenvalue weighted by atomic mass is 9.84. The third-order valence-corrected chi connectivity index (χ3v) is 7.68. The topological polar surface area (TPSA) is 150 Å². The van der Waals surface area contributed by atoms with E-state index in [1.165, 1.54) is 19.1 Å². The Morgan fingerprint density at radius 3 is 2.02 bits per heavy atom. The molecule has 0 radical (unpaired) electrons. The number of rotatable bonds is 10. The van der Waals surface area contributed by atoms with Gasteiger partial charge in [-0.25, -0.2) is 19.4 Å². The quantitative estimate of drug-likeness (QED) is 0.138. The minimum Gasteiger partial charge on any atom is -0.467 e. The summed E-state index contributed by atoms with van der Waals surface area (Å²) in [6.07, 6.45) is -0.0888. The number of ether oxygens (including phenoxy) is 3. The number of guanidine groups is 1. The average Bonchev–Trinajstić information content (AvgIpc) is 3.33. The van der Waals surface area contributed by atoms with Crippen LogP contribution < -0.4 is 11.1 Å². The summed E-state index contributed by atoms with van der Waals surface area (Å²) in [4.78, 5) is 56.6. The lowest BCUT2D eigenvalue weighted by Gasteiger charge is -2.27. The molecule has 0 fully saturated rings. The molecule has 0 saturated carbocycles. The molecule has 1 aliphatic heterocycles. The summed E-state index contributed by atoms with van der Waals surface area (Å²) in [5.41, 5.74) is 7.02. The molecule has 0 spiro atoms. The zero-order valence-electron chi connectivity index (χ0n) is 30.4. The first kappa shape index (κ1) is 39.9. The molecule has 2 unspecified atom stereocenters. The van der Waals surface area contributed by atoms with Gasteiger partial charge in [0.15, 0.2) is 5.54 Å². The number of benzene rings is 3. The molecule has 0 aliphatic carbocycles. The van der Waals surface area contributed by atoms with Crippen LogP contribution >= 0.6 is 0 Å². The van der Waals surface area contributed by atoms with Gasteiger partial charge in [-0.1, -0.05) is 83.9 Å². The molecule has 11 nitrogen and oxygen atoms in total. The number of methoxy groups -OCH3 is 2. The number of alkyl carbamates (subject to hydrolysis) is 1. The van der Waals surface area contributed by atoms with Gasteiger partial charge in [0.25, 0.3) is 5.91 Å². The molecule has 4 rings (SSSR count). The molecule has 51 heavy (non-hydrogen) atoms. The molecule has 2 atom stereocenters. The van der Waals surface area contributed by atoms with Crippen molar-refractivity contribution in [1.82, 2.24) is 10.2 Å². The summed E-state index contributed by atoms with van der Waals surface area (Å²) in [5, 5.41) is 2.66. The lowest BCUT2D eigenvalue weighted by Crippen LogP contribution is -2.46. The van der Waals surface area contributed by atoms with E-state index in [1.807, 2.05) is 74.5 Å². The Labute approximate surface area is 300 Å². The Hall–Kier alpha value is -5.55. The number of hydrogen-bond acceptors (Lipinski definition) is 9. The molecule has 3 N–H and O–H groups in total. The van der Waals surface area contributed by atoms with Crippen molar-refractivity contribution < 1.29 is 33.4 Å². The standard InChI is InChI=1S/C27H31N3O5.C13H17NO2/c1-18(2)16-27(21-13-8-7-9-14-21)23(32)30(24(29-27)28-25(33)35-26(3,4)5)17-19-11-10-12-20(15-19)22(31)34-6;1-10(2)9-13(14,12(15)16-3)11-7-5-4-6-8-11/h7-15H,1,16-17H2,2-6H3,(H,28,29,33);4-8H,1,9,14H2,2-3H3. The fourth-order valence-corrected chi connectivity index (χ4v) is 5.58. The zero-order valence-corrected chi connectivity index (χ0v) is 30.4. The molecule has 11 heteroatoms. The fourth-order valence-electron chi connectivity index (χ4n) is 5.58. The van der Waals surface area contributed by atoms with Gasteiger partial charge in [0.2, 0.25) is 5.96 Å². The number of carbonyl (C=O) groups is 4. The summed E-state index contributed by atoms with van der Waals surface area (Å²) in [6.45, 7) is 16.8.